The fourth-order valence-corrected chi connectivity index (χ4v) is 2.49. The van der Waals surface area contributed by atoms with Gasteiger partial charge in [-0.1, -0.05) is 6.92 Å². The number of carbonyl (C=O) groups excluding carboxylic acids is 1. The second-order valence-electron chi connectivity index (χ2n) is 5.06. The van der Waals surface area contributed by atoms with Gasteiger partial charge in [-0.3, -0.25) is 4.79 Å². The molecule has 0 saturated carbocycles. The van der Waals surface area contributed by atoms with Crippen LogP contribution in [0, 0.1) is 17.6 Å². The number of hydrogen-bond acceptors (Lipinski definition) is 2. The second-order valence-corrected chi connectivity index (χ2v) is 5.06. The van der Waals surface area contributed by atoms with Crippen LogP contribution in [0.5, 0.6) is 0 Å². The number of piperidine rings is 1. The van der Waals surface area contributed by atoms with Crippen molar-refractivity contribution in [3.63, 3.8) is 0 Å². The first-order chi connectivity index (χ1) is 9.02. The number of rotatable bonds is 2. The van der Waals surface area contributed by atoms with Crippen molar-refractivity contribution in [1.29, 1.82) is 0 Å². The highest BCUT2D eigenvalue weighted by molar-refractivity contribution is 5.94. The lowest BCUT2D eigenvalue weighted by molar-refractivity contribution is 0.0682. The topological polar surface area (TPSA) is 32.3 Å². The lowest BCUT2D eigenvalue weighted by Crippen LogP contribution is -2.39. The van der Waals surface area contributed by atoms with Crippen LogP contribution in [0.2, 0.25) is 0 Å². The van der Waals surface area contributed by atoms with Crippen molar-refractivity contribution in [3.8, 4) is 0 Å². The van der Waals surface area contributed by atoms with Gasteiger partial charge in [0.15, 0.2) is 0 Å². The molecule has 1 heterocycles. The predicted octanol–water partition coefficient (Wildman–Crippen LogP) is 2.88. The molecule has 104 valence electrons. The molecule has 1 amide bonds. The summed E-state index contributed by atoms with van der Waals surface area (Å²) < 4.78 is 27.3. The molecule has 5 heteroatoms. The summed E-state index contributed by atoms with van der Waals surface area (Å²) in [5, 5.41) is 2.44. The van der Waals surface area contributed by atoms with Gasteiger partial charge in [0.1, 0.15) is 17.3 Å². The van der Waals surface area contributed by atoms with Crippen molar-refractivity contribution >= 4 is 11.6 Å². The molecule has 1 fully saturated rings. The van der Waals surface area contributed by atoms with Gasteiger partial charge in [0.05, 0.1) is 0 Å². The molecule has 1 aromatic rings. The average molecular weight is 268 g/mol. The summed E-state index contributed by atoms with van der Waals surface area (Å²) in [6, 6.07) is 2.19. The molecule has 1 saturated heterocycles. The Morgan fingerprint density at radius 1 is 1.37 bits per heavy atom. The minimum atomic E-state index is -0.740. The average Bonchev–Trinajstić information content (AvgIpc) is 2.37. The van der Waals surface area contributed by atoms with E-state index < -0.39 is 11.6 Å². The van der Waals surface area contributed by atoms with Gasteiger partial charge in [-0.15, -0.1) is 0 Å². The molecule has 0 radical (unpaired) electrons. The number of benzene rings is 1. The van der Waals surface area contributed by atoms with Crippen molar-refractivity contribution in [2.24, 2.45) is 5.92 Å². The normalized spacial score (nSPS) is 19.4. The number of hydrogen-bond donors (Lipinski definition) is 1. The Morgan fingerprint density at radius 3 is 2.53 bits per heavy atom. The van der Waals surface area contributed by atoms with E-state index >= 15 is 0 Å². The zero-order valence-corrected chi connectivity index (χ0v) is 11.2. The fourth-order valence-electron chi connectivity index (χ4n) is 2.49. The standard InChI is InChI=1S/C14H18F2N2O/c1-9-4-3-5-18(8-9)14(19)10-6-11(15)13(17-2)12(16)7-10/h6-7,9,17H,3-5,8H2,1-2H3. The lowest BCUT2D eigenvalue weighted by atomic mass is 9.99. The number of nitrogens with one attached hydrogen (secondary N) is 1. The van der Waals surface area contributed by atoms with E-state index in [1.165, 1.54) is 7.05 Å². The number of carbonyl (C=O) groups is 1. The van der Waals surface area contributed by atoms with Crippen molar-refractivity contribution < 1.29 is 13.6 Å². The highest BCUT2D eigenvalue weighted by Gasteiger charge is 2.23. The molecule has 3 nitrogen and oxygen atoms in total. The lowest BCUT2D eigenvalue weighted by Gasteiger charge is -2.31. The third kappa shape index (κ3) is 2.85. The maximum absolute atomic E-state index is 13.6. The summed E-state index contributed by atoms with van der Waals surface area (Å²) in [7, 11) is 1.44. The van der Waals surface area contributed by atoms with E-state index in [9.17, 15) is 13.6 Å². The molecule has 1 aromatic carbocycles. The summed E-state index contributed by atoms with van der Waals surface area (Å²) in [6.07, 6.45) is 2.03. The molecular formula is C14H18F2N2O. The predicted molar refractivity (Wildman–Crippen MR) is 70.2 cm³/mol. The molecule has 0 spiro atoms. The Hall–Kier alpha value is -1.65. The number of likely N-dealkylation sites (tertiary alicyclic amines) is 1. The Morgan fingerprint density at radius 2 is 2.00 bits per heavy atom. The van der Waals surface area contributed by atoms with Crippen molar-refractivity contribution in [1.82, 2.24) is 4.90 Å². The van der Waals surface area contributed by atoms with Crippen molar-refractivity contribution in [3.05, 3.63) is 29.3 Å². The molecule has 2 rings (SSSR count). The van der Waals surface area contributed by atoms with Crippen molar-refractivity contribution in [2.45, 2.75) is 19.8 Å². The van der Waals surface area contributed by atoms with Gasteiger partial charge >= 0.3 is 0 Å². The summed E-state index contributed by atoms with van der Waals surface area (Å²) in [5.41, 5.74) is -0.133. The summed E-state index contributed by atoms with van der Waals surface area (Å²) >= 11 is 0. The number of anilines is 1. The molecule has 1 unspecified atom stereocenters. The second kappa shape index (κ2) is 5.55. The largest absolute Gasteiger partial charge is 0.383 e. The van der Waals surface area contributed by atoms with Gasteiger partial charge in [-0.25, -0.2) is 8.78 Å². The molecule has 0 bridgehead atoms. The molecular weight excluding hydrogens is 250 g/mol. The van der Waals surface area contributed by atoms with Crippen LogP contribution >= 0.6 is 0 Å². The maximum atomic E-state index is 13.6. The minimum Gasteiger partial charge on any atom is -0.383 e. The first kappa shape index (κ1) is 13.8. The van der Waals surface area contributed by atoms with Crippen LogP contribution < -0.4 is 5.32 Å². The van der Waals surface area contributed by atoms with Gasteiger partial charge in [-0.05, 0) is 30.9 Å². The number of amides is 1. The van der Waals surface area contributed by atoms with E-state index in [0.717, 1.165) is 25.0 Å². The van der Waals surface area contributed by atoms with Crippen molar-refractivity contribution in [2.75, 3.05) is 25.5 Å². The van der Waals surface area contributed by atoms with E-state index in [1.54, 1.807) is 4.90 Å². The van der Waals surface area contributed by atoms with Crippen LogP contribution in [0.1, 0.15) is 30.1 Å². The Kier molecular flexibility index (Phi) is 4.02. The zero-order valence-electron chi connectivity index (χ0n) is 11.2. The third-order valence-electron chi connectivity index (χ3n) is 3.48. The first-order valence-electron chi connectivity index (χ1n) is 6.49. The smallest absolute Gasteiger partial charge is 0.254 e. The monoisotopic (exact) mass is 268 g/mol. The Balaban J connectivity index is 2.24. The van der Waals surface area contributed by atoms with Crippen LogP contribution in [0.15, 0.2) is 12.1 Å². The van der Waals surface area contributed by atoms with Crippen LogP contribution in [0.25, 0.3) is 0 Å². The molecule has 1 atom stereocenters. The van der Waals surface area contributed by atoms with Gasteiger partial charge in [-0.2, -0.15) is 0 Å². The quantitative estimate of drug-likeness (QED) is 0.894. The molecule has 1 N–H and O–H groups in total. The van der Waals surface area contributed by atoms with Gasteiger partial charge in [0.25, 0.3) is 5.91 Å². The van der Waals surface area contributed by atoms with Gasteiger partial charge < -0.3 is 10.2 Å². The zero-order chi connectivity index (χ0) is 14.0. The molecule has 1 aliphatic rings. The summed E-state index contributed by atoms with van der Waals surface area (Å²) in [4.78, 5) is 13.9. The fraction of sp³-hybridized carbons (Fsp3) is 0.500. The molecule has 0 aromatic heterocycles. The summed E-state index contributed by atoms with van der Waals surface area (Å²) in [5.74, 6) is -1.34. The van der Waals surface area contributed by atoms with E-state index in [0.29, 0.717) is 19.0 Å². The maximum Gasteiger partial charge on any atom is 0.254 e. The Labute approximate surface area is 111 Å². The van der Waals surface area contributed by atoms with Gasteiger partial charge in [0, 0.05) is 25.7 Å². The first-order valence-corrected chi connectivity index (χ1v) is 6.49. The van der Waals surface area contributed by atoms with E-state index in [4.69, 9.17) is 0 Å². The van der Waals surface area contributed by atoms with E-state index in [2.05, 4.69) is 12.2 Å². The van der Waals surface area contributed by atoms with E-state index in [-0.39, 0.29) is 17.2 Å². The highest BCUT2D eigenvalue weighted by Crippen LogP contribution is 2.23. The van der Waals surface area contributed by atoms with Crippen LogP contribution in [0.3, 0.4) is 0 Å². The van der Waals surface area contributed by atoms with Crippen LogP contribution in [0.4, 0.5) is 14.5 Å². The van der Waals surface area contributed by atoms with Crippen LogP contribution in [-0.2, 0) is 0 Å². The third-order valence-corrected chi connectivity index (χ3v) is 3.48. The molecule has 1 aliphatic heterocycles. The molecule has 0 aliphatic carbocycles. The summed E-state index contributed by atoms with van der Waals surface area (Å²) in [6.45, 7) is 3.38. The Bertz CT molecular complexity index is 467. The highest BCUT2D eigenvalue weighted by atomic mass is 19.1. The number of nitrogens with zero attached hydrogens (tertiary/aromatic N) is 1. The minimum absolute atomic E-state index is 0.0723. The SMILES string of the molecule is CNc1c(F)cc(C(=O)N2CCCC(C)C2)cc1F. The molecule has 19 heavy (non-hydrogen) atoms. The van der Waals surface area contributed by atoms with E-state index in [1.807, 2.05) is 0 Å². The van der Waals surface area contributed by atoms with Gasteiger partial charge in [0.2, 0.25) is 0 Å². The number of halogens is 2. The van der Waals surface area contributed by atoms with Crippen LogP contribution in [-0.4, -0.2) is 30.9 Å².